The summed E-state index contributed by atoms with van der Waals surface area (Å²) in [6, 6.07) is 4.82. The lowest BCUT2D eigenvalue weighted by Gasteiger charge is -2.08. The van der Waals surface area contributed by atoms with Crippen molar-refractivity contribution in [2.75, 3.05) is 6.54 Å². The van der Waals surface area contributed by atoms with Crippen LogP contribution in [-0.4, -0.2) is 6.54 Å². The highest BCUT2D eigenvalue weighted by molar-refractivity contribution is 14.1. The summed E-state index contributed by atoms with van der Waals surface area (Å²) in [5.41, 5.74) is 9.02. The van der Waals surface area contributed by atoms with Crippen molar-refractivity contribution in [1.82, 2.24) is 0 Å². The molecule has 0 aliphatic rings. The van der Waals surface area contributed by atoms with E-state index in [4.69, 9.17) is 5.53 Å². The first-order valence-electron chi connectivity index (χ1n) is 4.10. The number of hydrogen-bond acceptors (Lipinski definition) is 1. The van der Waals surface area contributed by atoms with Crippen molar-refractivity contribution < 1.29 is 4.39 Å². The van der Waals surface area contributed by atoms with E-state index in [9.17, 15) is 4.39 Å². The Morgan fingerprint density at radius 1 is 1.57 bits per heavy atom. The predicted molar refractivity (Wildman–Crippen MR) is 61.5 cm³/mol. The molecule has 0 aliphatic carbocycles. The van der Waals surface area contributed by atoms with Gasteiger partial charge in [0.25, 0.3) is 0 Å². The third kappa shape index (κ3) is 3.16. The highest BCUT2D eigenvalue weighted by atomic mass is 127. The molecule has 0 unspecified atom stereocenters. The van der Waals surface area contributed by atoms with Crippen LogP contribution >= 0.6 is 22.6 Å². The average Bonchev–Trinajstić information content (AvgIpc) is 2.12. The van der Waals surface area contributed by atoms with Crippen LogP contribution in [0.25, 0.3) is 10.4 Å². The first kappa shape index (κ1) is 11.3. The molecule has 0 radical (unpaired) electrons. The number of rotatable bonds is 3. The zero-order chi connectivity index (χ0) is 10.6. The minimum absolute atomic E-state index is 0.0510. The molecule has 1 aromatic rings. The zero-order valence-electron chi connectivity index (χ0n) is 7.61. The summed E-state index contributed by atoms with van der Waals surface area (Å²) in [7, 11) is 0. The van der Waals surface area contributed by atoms with Crippen LogP contribution in [0.1, 0.15) is 18.4 Å². The number of halogens is 2. The molecule has 3 nitrogen and oxygen atoms in total. The summed E-state index contributed by atoms with van der Waals surface area (Å²) < 4.78 is 13.9. The van der Waals surface area contributed by atoms with Gasteiger partial charge in [0, 0.05) is 15.0 Å². The Hall–Kier alpha value is -0.810. The minimum Gasteiger partial charge on any atom is -0.207 e. The fraction of sp³-hybridized carbons (Fsp3) is 0.333. The zero-order valence-corrected chi connectivity index (χ0v) is 9.77. The highest BCUT2D eigenvalue weighted by Gasteiger charge is 2.06. The lowest BCUT2D eigenvalue weighted by atomic mass is 10.0. The van der Waals surface area contributed by atoms with Crippen molar-refractivity contribution in [2.45, 2.75) is 12.8 Å². The predicted octanol–water partition coefficient (Wildman–Crippen LogP) is 3.84. The number of hydrogen-bond donors (Lipinski definition) is 0. The Kier molecular flexibility index (Phi) is 4.16. The van der Waals surface area contributed by atoms with E-state index in [0.717, 1.165) is 9.13 Å². The molecule has 1 aromatic carbocycles. The van der Waals surface area contributed by atoms with Crippen molar-refractivity contribution in [1.29, 1.82) is 0 Å². The molecule has 74 valence electrons. The Labute approximate surface area is 95.1 Å². The number of nitrogens with zero attached hydrogens (tertiary/aromatic N) is 3. The molecule has 0 saturated heterocycles. The van der Waals surface area contributed by atoms with Gasteiger partial charge in [-0.15, -0.1) is 0 Å². The molecule has 1 atom stereocenters. The molecule has 14 heavy (non-hydrogen) atoms. The molecule has 0 saturated carbocycles. The van der Waals surface area contributed by atoms with E-state index in [1.54, 1.807) is 0 Å². The number of benzene rings is 1. The Morgan fingerprint density at radius 3 is 2.86 bits per heavy atom. The van der Waals surface area contributed by atoms with Gasteiger partial charge < -0.3 is 0 Å². The van der Waals surface area contributed by atoms with Gasteiger partial charge >= 0.3 is 0 Å². The molecular weight excluding hydrogens is 296 g/mol. The van der Waals surface area contributed by atoms with Crippen molar-refractivity contribution >= 4 is 22.6 Å². The van der Waals surface area contributed by atoms with Crippen molar-refractivity contribution in [3.63, 3.8) is 0 Å². The molecule has 1 rings (SSSR count). The standard InChI is InChI=1S/C9H9FIN3/c1-6(5-13-14-12)7-2-8(10)4-9(11)3-7/h2-4,6H,5H2,1H3/t6-/m1/s1. The van der Waals surface area contributed by atoms with Crippen LogP contribution < -0.4 is 0 Å². The van der Waals surface area contributed by atoms with E-state index < -0.39 is 0 Å². The van der Waals surface area contributed by atoms with E-state index in [0.29, 0.717) is 6.54 Å². The van der Waals surface area contributed by atoms with Crippen molar-refractivity contribution in [2.24, 2.45) is 5.11 Å². The minimum atomic E-state index is -0.250. The van der Waals surface area contributed by atoms with Gasteiger partial charge in [-0.3, -0.25) is 0 Å². The molecule has 0 aliphatic heterocycles. The maximum atomic E-state index is 13.0. The number of azide groups is 1. The van der Waals surface area contributed by atoms with Crippen LogP contribution in [0.2, 0.25) is 0 Å². The molecule has 0 amide bonds. The molecule has 0 N–H and O–H groups in total. The fourth-order valence-electron chi connectivity index (χ4n) is 1.12. The Balaban J connectivity index is 2.88. The fourth-order valence-corrected chi connectivity index (χ4v) is 1.78. The second kappa shape index (κ2) is 5.17. The Morgan fingerprint density at radius 2 is 2.29 bits per heavy atom. The van der Waals surface area contributed by atoms with Gasteiger partial charge in [0.05, 0.1) is 0 Å². The maximum absolute atomic E-state index is 13.0. The SMILES string of the molecule is C[C@H](CN=[N+]=[N-])c1cc(F)cc(I)c1. The van der Waals surface area contributed by atoms with Crippen LogP contribution in [0.5, 0.6) is 0 Å². The first-order valence-corrected chi connectivity index (χ1v) is 5.18. The molecule has 0 fully saturated rings. The van der Waals surface area contributed by atoms with Crippen LogP contribution in [0.4, 0.5) is 4.39 Å². The molecule has 0 spiro atoms. The van der Waals surface area contributed by atoms with Gasteiger partial charge in [-0.1, -0.05) is 12.0 Å². The van der Waals surface area contributed by atoms with Crippen molar-refractivity contribution in [3.8, 4) is 0 Å². The third-order valence-electron chi connectivity index (χ3n) is 1.87. The van der Waals surface area contributed by atoms with E-state index in [-0.39, 0.29) is 11.7 Å². The monoisotopic (exact) mass is 305 g/mol. The maximum Gasteiger partial charge on any atom is 0.124 e. The van der Waals surface area contributed by atoms with Crippen LogP contribution in [-0.2, 0) is 0 Å². The van der Waals surface area contributed by atoms with Crippen LogP contribution in [0.3, 0.4) is 0 Å². The third-order valence-corrected chi connectivity index (χ3v) is 2.50. The summed E-state index contributed by atoms with van der Waals surface area (Å²) >= 11 is 2.06. The lowest BCUT2D eigenvalue weighted by Crippen LogP contribution is -1.98. The summed E-state index contributed by atoms with van der Waals surface area (Å²) in [5, 5.41) is 3.46. The lowest BCUT2D eigenvalue weighted by molar-refractivity contribution is 0.620. The van der Waals surface area contributed by atoms with Gasteiger partial charge in [-0.2, -0.15) is 0 Å². The first-order chi connectivity index (χ1) is 6.63. The second-order valence-corrected chi connectivity index (χ2v) is 4.26. The topological polar surface area (TPSA) is 48.8 Å². The van der Waals surface area contributed by atoms with Crippen LogP contribution in [0, 0.1) is 9.39 Å². The molecule has 0 bridgehead atoms. The van der Waals surface area contributed by atoms with Gasteiger partial charge in [0.1, 0.15) is 5.82 Å². The normalized spacial score (nSPS) is 11.9. The molecule has 0 aromatic heterocycles. The summed E-state index contributed by atoms with van der Waals surface area (Å²) in [6.45, 7) is 2.26. The van der Waals surface area contributed by atoms with E-state index in [1.165, 1.54) is 12.1 Å². The summed E-state index contributed by atoms with van der Waals surface area (Å²) in [4.78, 5) is 2.68. The van der Waals surface area contributed by atoms with Gasteiger partial charge in [-0.25, -0.2) is 4.39 Å². The molecule has 0 heterocycles. The van der Waals surface area contributed by atoms with Crippen molar-refractivity contribution in [3.05, 3.63) is 43.6 Å². The second-order valence-electron chi connectivity index (χ2n) is 3.02. The van der Waals surface area contributed by atoms with Crippen LogP contribution in [0.15, 0.2) is 23.3 Å². The van der Waals surface area contributed by atoms with E-state index in [1.807, 2.05) is 13.0 Å². The van der Waals surface area contributed by atoms with Gasteiger partial charge in [-0.05, 0) is 57.8 Å². The Bertz CT molecular complexity index is 354. The largest absolute Gasteiger partial charge is 0.207 e. The van der Waals surface area contributed by atoms with Gasteiger partial charge in [0.15, 0.2) is 0 Å². The molecule has 5 heteroatoms. The molecular formula is C9H9FIN3. The summed E-state index contributed by atoms with van der Waals surface area (Å²) in [5.74, 6) is -0.199. The summed E-state index contributed by atoms with van der Waals surface area (Å²) in [6.07, 6.45) is 0. The average molecular weight is 305 g/mol. The highest BCUT2D eigenvalue weighted by Crippen LogP contribution is 2.19. The quantitative estimate of drug-likeness (QED) is 0.352. The van der Waals surface area contributed by atoms with Gasteiger partial charge in [0.2, 0.25) is 0 Å². The van der Waals surface area contributed by atoms with E-state index >= 15 is 0 Å². The smallest absolute Gasteiger partial charge is 0.124 e. The van der Waals surface area contributed by atoms with E-state index in [2.05, 4.69) is 32.6 Å².